The molecule has 0 unspecified atom stereocenters. The SMILES string of the molecule is CCCCC/C(N)=N/OC. The summed E-state index contributed by atoms with van der Waals surface area (Å²) in [6.45, 7) is 2.16. The fourth-order valence-electron chi connectivity index (χ4n) is 0.719. The lowest BCUT2D eigenvalue weighted by Crippen LogP contribution is -2.11. The summed E-state index contributed by atoms with van der Waals surface area (Å²) < 4.78 is 0. The zero-order valence-electron chi connectivity index (χ0n) is 6.76. The van der Waals surface area contributed by atoms with E-state index >= 15 is 0 Å². The van der Waals surface area contributed by atoms with Gasteiger partial charge in [-0.2, -0.15) is 0 Å². The Morgan fingerprint density at radius 3 is 2.70 bits per heavy atom. The lowest BCUT2D eigenvalue weighted by atomic mass is 10.2. The highest BCUT2D eigenvalue weighted by Crippen LogP contribution is 1.98. The molecule has 0 saturated heterocycles. The molecular formula is C7H16N2O. The Hall–Kier alpha value is -0.730. The minimum Gasteiger partial charge on any atom is -0.398 e. The van der Waals surface area contributed by atoms with Crippen molar-refractivity contribution in [3.63, 3.8) is 0 Å². The predicted octanol–water partition coefficient (Wildman–Crippen LogP) is 1.49. The highest BCUT2D eigenvalue weighted by Gasteiger charge is 1.91. The van der Waals surface area contributed by atoms with Gasteiger partial charge in [-0.3, -0.25) is 0 Å². The molecule has 0 aromatic rings. The second-order valence-electron chi connectivity index (χ2n) is 2.22. The molecule has 0 radical (unpaired) electrons. The van der Waals surface area contributed by atoms with Crippen molar-refractivity contribution in [2.24, 2.45) is 10.9 Å². The Kier molecular flexibility index (Phi) is 5.92. The summed E-state index contributed by atoms with van der Waals surface area (Å²) in [6, 6.07) is 0. The zero-order valence-corrected chi connectivity index (χ0v) is 6.76. The molecule has 0 aliphatic heterocycles. The molecule has 0 saturated carbocycles. The summed E-state index contributed by atoms with van der Waals surface area (Å²) in [6.07, 6.45) is 4.37. The third-order valence-corrected chi connectivity index (χ3v) is 1.25. The van der Waals surface area contributed by atoms with Gasteiger partial charge in [-0.05, 0) is 6.42 Å². The minimum atomic E-state index is 0.593. The van der Waals surface area contributed by atoms with Crippen molar-refractivity contribution in [3.8, 4) is 0 Å². The van der Waals surface area contributed by atoms with Crippen molar-refractivity contribution >= 4 is 5.84 Å². The van der Waals surface area contributed by atoms with Crippen molar-refractivity contribution in [2.45, 2.75) is 32.6 Å². The van der Waals surface area contributed by atoms with Gasteiger partial charge in [-0.15, -0.1) is 0 Å². The maximum absolute atomic E-state index is 5.45. The molecule has 2 N–H and O–H groups in total. The lowest BCUT2D eigenvalue weighted by molar-refractivity contribution is 0.212. The number of nitrogens with zero attached hydrogens (tertiary/aromatic N) is 1. The summed E-state index contributed by atoms with van der Waals surface area (Å²) in [5.74, 6) is 0.593. The van der Waals surface area contributed by atoms with E-state index in [0.29, 0.717) is 5.84 Å². The molecule has 0 bridgehead atoms. The number of oxime groups is 1. The van der Waals surface area contributed by atoms with Crippen LogP contribution < -0.4 is 5.73 Å². The summed E-state index contributed by atoms with van der Waals surface area (Å²) in [5, 5.41) is 3.59. The molecule has 0 heterocycles. The number of hydrogen-bond donors (Lipinski definition) is 1. The van der Waals surface area contributed by atoms with Crippen LogP contribution in [0.5, 0.6) is 0 Å². The Balaban J connectivity index is 3.21. The minimum absolute atomic E-state index is 0.593. The Labute approximate surface area is 62.2 Å². The first-order valence-corrected chi connectivity index (χ1v) is 3.66. The molecular weight excluding hydrogens is 128 g/mol. The zero-order chi connectivity index (χ0) is 7.82. The van der Waals surface area contributed by atoms with Crippen LogP contribution in [-0.2, 0) is 4.84 Å². The van der Waals surface area contributed by atoms with Crippen LogP contribution in [-0.4, -0.2) is 12.9 Å². The summed E-state index contributed by atoms with van der Waals surface area (Å²) in [7, 11) is 1.51. The van der Waals surface area contributed by atoms with Gasteiger partial charge >= 0.3 is 0 Å². The highest BCUT2D eigenvalue weighted by atomic mass is 16.6. The second kappa shape index (κ2) is 6.39. The van der Waals surface area contributed by atoms with Crippen LogP contribution in [0, 0.1) is 0 Å². The first kappa shape index (κ1) is 9.27. The molecule has 10 heavy (non-hydrogen) atoms. The van der Waals surface area contributed by atoms with E-state index in [2.05, 4.69) is 16.9 Å². The van der Waals surface area contributed by atoms with Crippen LogP contribution in [0.4, 0.5) is 0 Å². The molecule has 60 valence electrons. The molecule has 0 fully saturated rings. The molecule has 0 aliphatic carbocycles. The van der Waals surface area contributed by atoms with E-state index in [9.17, 15) is 0 Å². The fraction of sp³-hybridized carbons (Fsp3) is 0.857. The van der Waals surface area contributed by atoms with Gasteiger partial charge in [0.1, 0.15) is 12.9 Å². The van der Waals surface area contributed by atoms with Crippen LogP contribution in [0.25, 0.3) is 0 Å². The Morgan fingerprint density at radius 2 is 2.20 bits per heavy atom. The van der Waals surface area contributed by atoms with Crippen LogP contribution in [0.1, 0.15) is 32.6 Å². The summed E-state index contributed by atoms with van der Waals surface area (Å²) in [4.78, 5) is 4.50. The van der Waals surface area contributed by atoms with Crippen molar-refractivity contribution in [1.29, 1.82) is 0 Å². The number of rotatable bonds is 5. The van der Waals surface area contributed by atoms with Gasteiger partial charge in [0, 0.05) is 6.42 Å². The molecule has 3 heteroatoms. The van der Waals surface area contributed by atoms with E-state index in [1.54, 1.807) is 0 Å². The predicted molar refractivity (Wildman–Crippen MR) is 42.8 cm³/mol. The normalized spacial score (nSPS) is 11.6. The van der Waals surface area contributed by atoms with Crippen molar-refractivity contribution in [3.05, 3.63) is 0 Å². The van der Waals surface area contributed by atoms with Crippen LogP contribution >= 0.6 is 0 Å². The van der Waals surface area contributed by atoms with Crippen molar-refractivity contribution < 1.29 is 4.84 Å². The molecule has 0 spiro atoms. The van der Waals surface area contributed by atoms with Crippen LogP contribution in [0.3, 0.4) is 0 Å². The summed E-state index contributed by atoms with van der Waals surface area (Å²) >= 11 is 0. The smallest absolute Gasteiger partial charge is 0.139 e. The van der Waals surface area contributed by atoms with E-state index in [1.165, 1.54) is 20.0 Å². The highest BCUT2D eigenvalue weighted by molar-refractivity contribution is 5.79. The number of nitrogens with two attached hydrogens (primary N) is 1. The third kappa shape index (κ3) is 5.41. The monoisotopic (exact) mass is 144 g/mol. The summed E-state index contributed by atoms with van der Waals surface area (Å²) in [5.41, 5.74) is 5.45. The van der Waals surface area contributed by atoms with Crippen LogP contribution in [0.15, 0.2) is 5.16 Å². The average molecular weight is 144 g/mol. The van der Waals surface area contributed by atoms with Gasteiger partial charge in [0.05, 0.1) is 0 Å². The third-order valence-electron chi connectivity index (χ3n) is 1.25. The van der Waals surface area contributed by atoms with E-state index in [0.717, 1.165) is 12.8 Å². The maximum Gasteiger partial charge on any atom is 0.139 e. The van der Waals surface area contributed by atoms with Gasteiger partial charge in [-0.1, -0.05) is 24.9 Å². The quantitative estimate of drug-likeness (QED) is 0.275. The number of amidine groups is 1. The van der Waals surface area contributed by atoms with Crippen LogP contribution in [0.2, 0.25) is 0 Å². The molecule has 0 aromatic carbocycles. The van der Waals surface area contributed by atoms with Crippen molar-refractivity contribution in [1.82, 2.24) is 0 Å². The molecule has 0 atom stereocenters. The van der Waals surface area contributed by atoms with Gasteiger partial charge in [0.2, 0.25) is 0 Å². The van der Waals surface area contributed by atoms with Crippen molar-refractivity contribution in [2.75, 3.05) is 7.11 Å². The Morgan fingerprint density at radius 1 is 1.50 bits per heavy atom. The fourth-order valence-corrected chi connectivity index (χ4v) is 0.719. The van der Waals surface area contributed by atoms with E-state index < -0.39 is 0 Å². The van der Waals surface area contributed by atoms with E-state index in [-0.39, 0.29) is 0 Å². The van der Waals surface area contributed by atoms with Gasteiger partial charge in [0.25, 0.3) is 0 Å². The van der Waals surface area contributed by atoms with E-state index in [4.69, 9.17) is 5.73 Å². The molecule has 0 aliphatic rings. The Bertz CT molecular complexity index is 102. The van der Waals surface area contributed by atoms with Gasteiger partial charge in [-0.25, -0.2) is 0 Å². The first-order chi connectivity index (χ1) is 4.81. The van der Waals surface area contributed by atoms with E-state index in [1.807, 2.05) is 0 Å². The average Bonchev–Trinajstić information content (AvgIpc) is 1.89. The van der Waals surface area contributed by atoms with Gasteiger partial charge in [0.15, 0.2) is 0 Å². The maximum atomic E-state index is 5.45. The second-order valence-corrected chi connectivity index (χ2v) is 2.22. The first-order valence-electron chi connectivity index (χ1n) is 3.66. The molecule has 0 rings (SSSR count). The number of unbranched alkanes of at least 4 members (excludes halogenated alkanes) is 2. The largest absolute Gasteiger partial charge is 0.398 e. The topological polar surface area (TPSA) is 47.6 Å². The molecule has 0 aromatic heterocycles. The molecule has 3 nitrogen and oxygen atoms in total. The molecule has 0 amide bonds. The number of hydrogen-bond acceptors (Lipinski definition) is 2. The standard InChI is InChI=1S/C7H16N2O/c1-3-4-5-6-7(8)9-10-2/h3-6H2,1-2H3,(H2,8,9). The lowest BCUT2D eigenvalue weighted by Gasteiger charge is -1.96. The van der Waals surface area contributed by atoms with Gasteiger partial charge < -0.3 is 10.6 Å².